The summed E-state index contributed by atoms with van der Waals surface area (Å²) in [6.07, 6.45) is 3.51. The zero-order valence-corrected chi connectivity index (χ0v) is 9.69. The van der Waals surface area contributed by atoms with Crippen molar-refractivity contribution in [1.29, 1.82) is 0 Å². The highest BCUT2D eigenvalue weighted by molar-refractivity contribution is 5.14. The van der Waals surface area contributed by atoms with Crippen LogP contribution in [0.25, 0.3) is 0 Å². The van der Waals surface area contributed by atoms with Crippen molar-refractivity contribution < 1.29 is 9.47 Å². The lowest BCUT2D eigenvalue weighted by Crippen LogP contribution is -2.29. The van der Waals surface area contributed by atoms with E-state index in [0.29, 0.717) is 13.2 Å². The molecule has 86 valence electrons. The molecule has 0 aliphatic rings. The summed E-state index contributed by atoms with van der Waals surface area (Å²) in [5.41, 5.74) is 0.948. The molecule has 0 spiro atoms. The van der Waals surface area contributed by atoms with Crippen LogP contribution in [0.3, 0.4) is 0 Å². The molecule has 0 saturated heterocycles. The zero-order valence-electron chi connectivity index (χ0n) is 9.69. The van der Waals surface area contributed by atoms with Crippen LogP contribution in [0.4, 0.5) is 0 Å². The molecule has 1 rings (SSSR count). The highest BCUT2D eigenvalue weighted by Crippen LogP contribution is 2.25. The molecule has 0 aliphatic carbocycles. The van der Waals surface area contributed by atoms with Crippen LogP contribution in [-0.2, 0) is 15.3 Å². The Balaban J connectivity index is 0.00000196. The average molecular weight is 212 g/mol. The Kier molecular flexibility index (Phi) is 6.08. The first-order chi connectivity index (χ1) is 6.73. The average Bonchev–Trinajstić information content (AvgIpc) is 2.20. The Hall–Kier alpha value is -0.970. The van der Waals surface area contributed by atoms with Crippen LogP contribution in [0, 0.1) is 0 Å². The van der Waals surface area contributed by atoms with Gasteiger partial charge >= 0.3 is 0 Å². The third-order valence-corrected chi connectivity index (χ3v) is 2.03. The second-order valence-corrected chi connectivity index (χ2v) is 3.05. The van der Waals surface area contributed by atoms with Gasteiger partial charge < -0.3 is 15.6 Å². The van der Waals surface area contributed by atoms with Crippen LogP contribution in [0.5, 0.6) is 0 Å². The third kappa shape index (κ3) is 3.58. The van der Waals surface area contributed by atoms with E-state index in [1.807, 2.05) is 32.9 Å². The van der Waals surface area contributed by atoms with Crippen molar-refractivity contribution in [2.24, 2.45) is 0 Å². The van der Waals surface area contributed by atoms with E-state index in [0.717, 1.165) is 5.56 Å². The molecule has 0 fully saturated rings. The molecule has 1 aromatic rings. The van der Waals surface area contributed by atoms with Gasteiger partial charge in [0.05, 0.1) is 0 Å². The maximum atomic E-state index is 5.59. The van der Waals surface area contributed by atoms with Crippen molar-refractivity contribution in [2.75, 3.05) is 13.2 Å². The minimum absolute atomic E-state index is 0. The SMILES string of the molecule is CCOC(C)(OCC)c1cccnc1.N. The Bertz CT molecular complexity index is 259. The summed E-state index contributed by atoms with van der Waals surface area (Å²) < 4.78 is 11.2. The van der Waals surface area contributed by atoms with Crippen molar-refractivity contribution in [1.82, 2.24) is 11.1 Å². The fourth-order valence-corrected chi connectivity index (χ4v) is 1.39. The summed E-state index contributed by atoms with van der Waals surface area (Å²) in [6, 6.07) is 3.84. The van der Waals surface area contributed by atoms with Gasteiger partial charge in [0.1, 0.15) is 0 Å². The van der Waals surface area contributed by atoms with Gasteiger partial charge in [-0.25, -0.2) is 0 Å². The molecule has 0 saturated carbocycles. The van der Waals surface area contributed by atoms with Crippen molar-refractivity contribution >= 4 is 0 Å². The van der Waals surface area contributed by atoms with Gasteiger partial charge in [0.25, 0.3) is 0 Å². The largest absolute Gasteiger partial charge is 0.346 e. The molecule has 4 heteroatoms. The highest BCUT2D eigenvalue weighted by Gasteiger charge is 2.27. The number of hydrogen-bond acceptors (Lipinski definition) is 4. The number of pyridine rings is 1. The summed E-state index contributed by atoms with van der Waals surface area (Å²) in [4.78, 5) is 4.06. The molecular weight excluding hydrogens is 192 g/mol. The molecule has 0 atom stereocenters. The predicted molar refractivity (Wildman–Crippen MR) is 59.9 cm³/mol. The molecule has 0 aromatic carbocycles. The molecule has 0 amide bonds. The van der Waals surface area contributed by atoms with Gasteiger partial charge in [0, 0.05) is 31.2 Å². The summed E-state index contributed by atoms with van der Waals surface area (Å²) in [5.74, 6) is -0.669. The monoisotopic (exact) mass is 212 g/mol. The number of hydrogen-bond donors (Lipinski definition) is 1. The van der Waals surface area contributed by atoms with Gasteiger partial charge in [0.15, 0.2) is 5.79 Å². The number of rotatable bonds is 5. The maximum absolute atomic E-state index is 5.59. The first kappa shape index (κ1) is 14.0. The van der Waals surface area contributed by atoms with Gasteiger partial charge in [-0.2, -0.15) is 0 Å². The van der Waals surface area contributed by atoms with Gasteiger partial charge in [0.2, 0.25) is 0 Å². The topological polar surface area (TPSA) is 66.3 Å². The molecule has 0 unspecified atom stereocenters. The van der Waals surface area contributed by atoms with Crippen LogP contribution in [-0.4, -0.2) is 18.2 Å². The Labute approximate surface area is 91.2 Å². The third-order valence-electron chi connectivity index (χ3n) is 2.03. The number of nitrogens with zero attached hydrogens (tertiary/aromatic N) is 1. The zero-order chi connectivity index (χ0) is 10.4. The first-order valence-corrected chi connectivity index (χ1v) is 4.91. The minimum atomic E-state index is -0.669. The lowest BCUT2D eigenvalue weighted by atomic mass is 10.1. The quantitative estimate of drug-likeness (QED) is 0.761. The van der Waals surface area contributed by atoms with E-state index in [4.69, 9.17) is 9.47 Å². The van der Waals surface area contributed by atoms with Crippen LogP contribution in [0.1, 0.15) is 26.3 Å². The number of ether oxygens (including phenoxy) is 2. The second-order valence-electron chi connectivity index (χ2n) is 3.05. The lowest BCUT2D eigenvalue weighted by Gasteiger charge is -2.29. The molecule has 1 aromatic heterocycles. The van der Waals surface area contributed by atoms with E-state index < -0.39 is 5.79 Å². The van der Waals surface area contributed by atoms with E-state index in [1.54, 1.807) is 12.4 Å². The molecule has 15 heavy (non-hydrogen) atoms. The van der Waals surface area contributed by atoms with E-state index in [2.05, 4.69) is 4.98 Å². The normalized spacial score (nSPS) is 10.9. The summed E-state index contributed by atoms with van der Waals surface area (Å²) in [6.45, 7) is 7.05. The van der Waals surface area contributed by atoms with Crippen molar-refractivity contribution in [3.63, 3.8) is 0 Å². The fraction of sp³-hybridized carbons (Fsp3) is 0.545. The van der Waals surface area contributed by atoms with Crippen LogP contribution >= 0.6 is 0 Å². The van der Waals surface area contributed by atoms with E-state index >= 15 is 0 Å². The Morgan fingerprint density at radius 2 is 1.87 bits per heavy atom. The van der Waals surface area contributed by atoms with Crippen molar-refractivity contribution in [3.05, 3.63) is 30.1 Å². The molecule has 3 N–H and O–H groups in total. The Morgan fingerprint density at radius 3 is 2.27 bits per heavy atom. The van der Waals surface area contributed by atoms with E-state index in [1.165, 1.54) is 0 Å². The summed E-state index contributed by atoms with van der Waals surface area (Å²) >= 11 is 0. The smallest absolute Gasteiger partial charge is 0.193 e. The van der Waals surface area contributed by atoms with E-state index in [-0.39, 0.29) is 6.15 Å². The molecule has 4 nitrogen and oxygen atoms in total. The van der Waals surface area contributed by atoms with E-state index in [9.17, 15) is 0 Å². The molecular formula is C11H20N2O2. The maximum Gasteiger partial charge on any atom is 0.193 e. The second kappa shape index (κ2) is 6.50. The fourth-order valence-electron chi connectivity index (χ4n) is 1.39. The van der Waals surface area contributed by atoms with Gasteiger partial charge in [-0.15, -0.1) is 0 Å². The van der Waals surface area contributed by atoms with Crippen LogP contribution in [0.15, 0.2) is 24.5 Å². The van der Waals surface area contributed by atoms with Gasteiger partial charge in [-0.05, 0) is 26.8 Å². The Morgan fingerprint density at radius 1 is 1.27 bits per heavy atom. The van der Waals surface area contributed by atoms with Gasteiger partial charge in [-0.1, -0.05) is 6.07 Å². The van der Waals surface area contributed by atoms with Gasteiger partial charge in [-0.3, -0.25) is 4.98 Å². The summed E-state index contributed by atoms with van der Waals surface area (Å²) in [5, 5.41) is 0. The standard InChI is InChI=1S/C11H17NO2.H3N/c1-4-13-11(3,14-5-2)10-7-6-8-12-9-10;/h6-9H,4-5H2,1-3H3;1H3. The minimum Gasteiger partial charge on any atom is -0.346 e. The molecule has 1 heterocycles. The molecule has 0 bridgehead atoms. The van der Waals surface area contributed by atoms with Crippen molar-refractivity contribution in [2.45, 2.75) is 26.6 Å². The first-order valence-electron chi connectivity index (χ1n) is 4.91. The molecule has 0 radical (unpaired) electrons. The molecule has 0 aliphatic heterocycles. The number of aromatic nitrogens is 1. The highest BCUT2D eigenvalue weighted by atomic mass is 16.7. The summed E-state index contributed by atoms with van der Waals surface area (Å²) in [7, 11) is 0. The van der Waals surface area contributed by atoms with Crippen molar-refractivity contribution in [3.8, 4) is 0 Å². The predicted octanol–water partition coefficient (Wildman–Crippen LogP) is 2.49. The van der Waals surface area contributed by atoms with Crippen LogP contribution < -0.4 is 6.15 Å². The van der Waals surface area contributed by atoms with Crippen LogP contribution in [0.2, 0.25) is 0 Å². The lowest BCUT2D eigenvalue weighted by molar-refractivity contribution is -0.230.